The zero-order chi connectivity index (χ0) is 23.1. The summed E-state index contributed by atoms with van der Waals surface area (Å²) in [6.45, 7) is 8.60. The minimum Gasteiger partial charge on any atom is -0.490 e. The Kier molecular flexibility index (Phi) is 8.34. The van der Waals surface area contributed by atoms with Crippen LogP contribution >= 0.6 is 11.5 Å². The molecule has 6 nitrogen and oxygen atoms in total. The molecule has 0 fully saturated rings. The minimum absolute atomic E-state index is 0.00644. The van der Waals surface area contributed by atoms with E-state index in [9.17, 15) is 5.26 Å². The fraction of sp³-hybridized carbons (Fsp3) is 0.400. The van der Waals surface area contributed by atoms with Crippen molar-refractivity contribution in [1.82, 2.24) is 14.7 Å². The van der Waals surface area contributed by atoms with Crippen molar-refractivity contribution in [2.45, 2.75) is 52.7 Å². The summed E-state index contributed by atoms with van der Waals surface area (Å²) in [6, 6.07) is 14.3. The normalized spacial score (nSPS) is 14.5. The topological polar surface area (TPSA) is 91.1 Å². The number of rotatable bonds is 7. The van der Waals surface area contributed by atoms with Gasteiger partial charge in [0.2, 0.25) is 0 Å². The zero-order valence-electron chi connectivity index (χ0n) is 19.1. The molecule has 0 radical (unpaired) electrons. The van der Waals surface area contributed by atoms with Crippen LogP contribution in [0.25, 0.3) is 22.0 Å². The molecule has 0 bridgehead atoms. The number of aromatic nitrogens is 2. The highest BCUT2D eigenvalue weighted by atomic mass is 32.1. The Bertz CT molecular complexity index is 1090. The molecule has 2 N–H and O–H groups in total. The van der Waals surface area contributed by atoms with Crippen molar-refractivity contribution in [2.24, 2.45) is 0 Å². The van der Waals surface area contributed by atoms with Crippen molar-refractivity contribution in [2.75, 3.05) is 13.2 Å². The van der Waals surface area contributed by atoms with Gasteiger partial charge in [-0.05, 0) is 67.5 Å². The van der Waals surface area contributed by atoms with Gasteiger partial charge in [0.1, 0.15) is 16.8 Å². The number of benzene rings is 2. The van der Waals surface area contributed by atoms with E-state index in [1.54, 1.807) is 0 Å². The molecule has 0 amide bonds. The molecule has 1 heterocycles. The maximum absolute atomic E-state index is 9.49. The minimum atomic E-state index is 0.00644. The number of aliphatic hydroxyl groups is 1. The molecule has 3 aromatic rings. The first kappa shape index (κ1) is 23.9. The summed E-state index contributed by atoms with van der Waals surface area (Å²) in [5, 5.41) is 22.8. The van der Waals surface area contributed by atoms with Crippen LogP contribution in [0.4, 0.5) is 0 Å². The molecule has 32 heavy (non-hydrogen) atoms. The lowest BCUT2D eigenvalue weighted by Gasteiger charge is -2.13. The SMILES string of the molecule is CC.CC(C)Oc1ccc(-c2nc(-c3cccc4c3CCC4NCCO)ns2)cc1C#N. The number of hydrogen-bond acceptors (Lipinski definition) is 7. The molecule has 1 aromatic heterocycles. The predicted molar refractivity (Wildman–Crippen MR) is 129 cm³/mol. The quantitative estimate of drug-likeness (QED) is 0.519. The standard InChI is InChI=1S/C23H24N4O2S.C2H6/c1-14(2)29-21-9-6-15(12-16(21)13-24)23-26-22(27-30-23)19-5-3-4-18-17(19)7-8-20(18)25-10-11-28;1-2/h3-6,9,12,14,20,25,28H,7-8,10-11H2,1-2H3;1-2H3. The lowest BCUT2D eigenvalue weighted by molar-refractivity contribution is 0.242. The summed E-state index contributed by atoms with van der Waals surface area (Å²) in [6.07, 6.45) is 1.97. The molecule has 7 heteroatoms. The van der Waals surface area contributed by atoms with Gasteiger partial charge in [-0.3, -0.25) is 0 Å². The van der Waals surface area contributed by atoms with Gasteiger partial charge in [0, 0.05) is 23.7 Å². The molecule has 0 spiro atoms. The van der Waals surface area contributed by atoms with Crippen LogP contribution in [0.15, 0.2) is 36.4 Å². The number of ether oxygens (including phenoxy) is 1. The fourth-order valence-electron chi connectivity index (χ4n) is 3.87. The summed E-state index contributed by atoms with van der Waals surface area (Å²) >= 11 is 1.34. The lowest BCUT2D eigenvalue weighted by atomic mass is 10.0. The van der Waals surface area contributed by atoms with Crippen molar-refractivity contribution < 1.29 is 9.84 Å². The summed E-state index contributed by atoms with van der Waals surface area (Å²) < 4.78 is 10.3. The Morgan fingerprint density at radius 3 is 2.81 bits per heavy atom. The monoisotopic (exact) mass is 450 g/mol. The maximum Gasteiger partial charge on any atom is 0.173 e. The Morgan fingerprint density at radius 2 is 2.09 bits per heavy atom. The molecule has 1 atom stereocenters. The van der Waals surface area contributed by atoms with Gasteiger partial charge >= 0.3 is 0 Å². The van der Waals surface area contributed by atoms with E-state index in [0.717, 1.165) is 34.8 Å². The van der Waals surface area contributed by atoms with Crippen LogP contribution in [0.3, 0.4) is 0 Å². The average molecular weight is 451 g/mol. The van der Waals surface area contributed by atoms with E-state index in [-0.39, 0.29) is 18.8 Å². The van der Waals surface area contributed by atoms with E-state index in [0.29, 0.717) is 17.9 Å². The summed E-state index contributed by atoms with van der Waals surface area (Å²) in [7, 11) is 0. The van der Waals surface area contributed by atoms with Crippen molar-refractivity contribution in [3.63, 3.8) is 0 Å². The van der Waals surface area contributed by atoms with Crippen LogP contribution in [0.2, 0.25) is 0 Å². The Hall–Kier alpha value is -2.79. The molecular formula is C25H30N4O2S. The molecule has 0 saturated carbocycles. The molecule has 1 unspecified atom stereocenters. The van der Waals surface area contributed by atoms with Crippen LogP contribution in [0.5, 0.6) is 5.75 Å². The van der Waals surface area contributed by atoms with E-state index < -0.39 is 0 Å². The number of hydrogen-bond donors (Lipinski definition) is 2. The first-order chi connectivity index (χ1) is 15.6. The van der Waals surface area contributed by atoms with E-state index in [1.807, 2.05) is 52.0 Å². The number of nitrogens with zero attached hydrogens (tertiary/aromatic N) is 3. The molecular weight excluding hydrogens is 420 g/mol. The predicted octanol–water partition coefficient (Wildman–Crippen LogP) is 5.13. The second-order valence-electron chi connectivity index (χ2n) is 7.55. The van der Waals surface area contributed by atoms with E-state index in [4.69, 9.17) is 14.8 Å². The van der Waals surface area contributed by atoms with Crippen LogP contribution < -0.4 is 10.1 Å². The number of nitriles is 1. The molecule has 168 valence electrons. The average Bonchev–Trinajstić information content (AvgIpc) is 3.46. The van der Waals surface area contributed by atoms with Gasteiger partial charge < -0.3 is 15.2 Å². The van der Waals surface area contributed by atoms with Gasteiger partial charge in [0.15, 0.2) is 5.82 Å². The third-order valence-electron chi connectivity index (χ3n) is 5.15. The Morgan fingerprint density at radius 1 is 1.28 bits per heavy atom. The highest BCUT2D eigenvalue weighted by Crippen LogP contribution is 2.38. The van der Waals surface area contributed by atoms with Gasteiger partial charge in [0.05, 0.1) is 18.3 Å². The summed E-state index contributed by atoms with van der Waals surface area (Å²) in [4.78, 5) is 4.78. The van der Waals surface area contributed by atoms with Crippen molar-refractivity contribution in [1.29, 1.82) is 5.26 Å². The molecule has 1 aliphatic carbocycles. The van der Waals surface area contributed by atoms with Crippen molar-refractivity contribution >= 4 is 11.5 Å². The van der Waals surface area contributed by atoms with Crippen LogP contribution in [-0.2, 0) is 6.42 Å². The number of nitrogens with one attached hydrogen (secondary N) is 1. The smallest absolute Gasteiger partial charge is 0.173 e. The fourth-order valence-corrected chi connectivity index (χ4v) is 4.54. The van der Waals surface area contributed by atoms with E-state index in [2.05, 4.69) is 27.9 Å². The van der Waals surface area contributed by atoms with Gasteiger partial charge in [-0.25, -0.2) is 4.98 Å². The zero-order valence-corrected chi connectivity index (χ0v) is 19.9. The third kappa shape index (κ3) is 5.16. The van der Waals surface area contributed by atoms with E-state index in [1.165, 1.54) is 22.7 Å². The first-order valence-electron chi connectivity index (χ1n) is 11.1. The molecule has 0 saturated heterocycles. The molecule has 4 rings (SSSR count). The van der Waals surface area contributed by atoms with Gasteiger partial charge in [0.25, 0.3) is 0 Å². The van der Waals surface area contributed by atoms with Crippen molar-refractivity contribution in [3.8, 4) is 33.8 Å². The summed E-state index contributed by atoms with van der Waals surface area (Å²) in [5.74, 6) is 1.30. The van der Waals surface area contributed by atoms with Gasteiger partial charge in [-0.1, -0.05) is 32.0 Å². The second-order valence-corrected chi connectivity index (χ2v) is 8.31. The Balaban J connectivity index is 0.00000141. The maximum atomic E-state index is 9.49. The second kappa shape index (κ2) is 11.2. The summed E-state index contributed by atoms with van der Waals surface area (Å²) in [5.41, 5.74) is 4.95. The van der Waals surface area contributed by atoms with Gasteiger partial charge in [-0.15, -0.1) is 0 Å². The third-order valence-corrected chi connectivity index (χ3v) is 5.91. The lowest BCUT2D eigenvalue weighted by Crippen LogP contribution is -2.22. The highest BCUT2D eigenvalue weighted by molar-refractivity contribution is 7.09. The van der Waals surface area contributed by atoms with Gasteiger partial charge in [-0.2, -0.15) is 9.64 Å². The largest absolute Gasteiger partial charge is 0.490 e. The number of aliphatic hydroxyl groups excluding tert-OH is 1. The van der Waals surface area contributed by atoms with Crippen LogP contribution in [0, 0.1) is 11.3 Å². The Labute approximate surface area is 194 Å². The molecule has 2 aromatic carbocycles. The first-order valence-corrected chi connectivity index (χ1v) is 11.9. The molecule has 1 aliphatic rings. The van der Waals surface area contributed by atoms with Crippen LogP contribution in [0.1, 0.15) is 56.8 Å². The molecule has 0 aliphatic heterocycles. The van der Waals surface area contributed by atoms with Crippen molar-refractivity contribution in [3.05, 3.63) is 53.1 Å². The highest BCUT2D eigenvalue weighted by Gasteiger charge is 2.25. The van der Waals surface area contributed by atoms with E-state index >= 15 is 0 Å². The van der Waals surface area contributed by atoms with Crippen LogP contribution in [-0.4, -0.2) is 33.7 Å². The number of fused-ring (bicyclic) bond motifs is 1.